The van der Waals surface area contributed by atoms with Crippen molar-refractivity contribution < 1.29 is 8.42 Å². The fraction of sp³-hybridized carbons (Fsp3) is 0.462. The van der Waals surface area contributed by atoms with Gasteiger partial charge in [-0.1, -0.05) is 6.92 Å². The first-order valence-corrected chi connectivity index (χ1v) is 9.89. The van der Waals surface area contributed by atoms with E-state index in [1.807, 2.05) is 18.4 Å². The van der Waals surface area contributed by atoms with Crippen LogP contribution in [0.4, 0.5) is 0 Å². The average molecular weight is 346 g/mol. The summed E-state index contributed by atoms with van der Waals surface area (Å²) in [4.78, 5) is 5.27. The van der Waals surface area contributed by atoms with E-state index >= 15 is 0 Å². The molecule has 0 aliphatic heterocycles. The quantitative estimate of drug-likeness (QED) is 0.721. The van der Waals surface area contributed by atoms with Gasteiger partial charge in [-0.25, -0.2) is 18.1 Å². The predicted octanol–water partition coefficient (Wildman–Crippen LogP) is 2.49. The molecule has 8 heteroatoms. The smallest absolute Gasteiger partial charge is 0.250 e. The van der Waals surface area contributed by atoms with Crippen molar-refractivity contribution in [3.05, 3.63) is 33.1 Å². The second-order valence-electron chi connectivity index (χ2n) is 4.58. The van der Waals surface area contributed by atoms with E-state index in [0.29, 0.717) is 10.8 Å². The van der Waals surface area contributed by atoms with E-state index in [9.17, 15) is 8.42 Å². The molecule has 2 N–H and O–H groups in total. The molecule has 2 heterocycles. The maximum absolute atomic E-state index is 12.2. The largest absolute Gasteiger partial charge is 0.312 e. The first-order chi connectivity index (χ1) is 10.0. The maximum Gasteiger partial charge on any atom is 0.250 e. The Hall–Kier alpha value is -0.800. The van der Waals surface area contributed by atoms with Gasteiger partial charge in [0.1, 0.15) is 4.21 Å². The van der Waals surface area contributed by atoms with Crippen LogP contribution in [0, 0.1) is 6.92 Å². The third kappa shape index (κ3) is 4.86. The summed E-state index contributed by atoms with van der Waals surface area (Å²) in [5.74, 6) is 0. The number of rotatable bonds is 8. The lowest BCUT2D eigenvalue weighted by atomic mass is 10.4. The van der Waals surface area contributed by atoms with Crippen LogP contribution in [0.3, 0.4) is 0 Å². The molecule has 5 nitrogen and oxygen atoms in total. The van der Waals surface area contributed by atoms with Crippen molar-refractivity contribution >= 4 is 32.7 Å². The summed E-state index contributed by atoms with van der Waals surface area (Å²) in [6.07, 6.45) is 1.06. The van der Waals surface area contributed by atoms with Crippen LogP contribution in [0.15, 0.2) is 21.7 Å². The Morgan fingerprint density at radius 2 is 2.10 bits per heavy atom. The van der Waals surface area contributed by atoms with Crippen molar-refractivity contribution in [2.75, 3.05) is 6.54 Å². The van der Waals surface area contributed by atoms with Crippen molar-refractivity contribution in [3.63, 3.8) is 0 Å². The number of aryl methyl sites for hydroxylation is 1. The topological polar surface area (TPSA) is 71.1 Å². The molecule has 0 unspecified atom stereocenters. The molecule has 21 heavy (non-hydrogen) atoms. The SMILES string of the molecule is CCCNCc1ccc(S(=O)(=O)NCc2csc(C)n2)s1. The highest BCUT2D eigenvalue weighted by atomic mass is 32.2. The zero-order valence-corrected chi connectivity index (χ0v) is 14.5. The molecule has 0 bridgehead atoms. The fourth-order valence-electron chi connectivity index (χ4n) is 1.72. The summed E-state index contributed by atoms with van der Waals surface area (Å²) in [5, 5.41) is 6.07. The van der Waals surface area contributed by atoms with Gasteiger partial charge in [-0.3, -0.25) is 0 Å². The molecule has 0 aliphatic rings. The van der Waals surface area contributed by atoms with Crippen LogP contribution >= 0.6 is 22.7 Å². The molecule has 0 aliphatic carbocycles. The summed E-state index contributed by atoms with van der Waals surface area (Å²) in [7, 11) is -3.45. The third-order valence-corrected chi connectivity index (χ3v) is 6.54. The highest BCUT2D eigenvalue weighted by Crippen LogP contribution is 2.21. The lowest BCUT2D eigenvalue weighted by Crippen LogP contribution is -2.22. The van der Waals surface area contributed by atoms with Crippen LogP contribution in [0.2, 0.25) is 0 Å². The molecule has 116 valence electrons. The molecule has 0 aromatic carbocycles. The zero-order valence-electron chi connectivity index (χ0n) is 12.0. The van der Waals surface area contributed by atoms with Gasteiger partial charge in [-0.15, -0.1) is 22.7 Å². The van der Waals surface area contributed by atoms with Gasteiger partial charge in [0.05, 0.1) is 17.2 Å². The number of hydrogen-bond donors (Lipinski definition) is 2. The number of nitrogens with one attached hydrogen (secondary N) is 2. The number of nitrogens with zero attached hydrogens (tertiary/aromatic N) is 1. The molecular formula is C13H19N3O2S3. The third-order valence-electron chi connectivity index (χ3n) is 2.74. The monoisotopic (exact) mass is 345 g/mol. The van der Waals surface area contributed by atoms with Gasteiger partial charge in [0.25, 0.3) is 0 Å². The van der Waals surface area contributed by atoms with Gasteiger partial charge in [0.15, 0.2) is 0 Å². The molecule has 0 saturated carbocycles. The van der Waals surface area contributed by atoms with Gasteiger partial charge >= 0.3 is 0 Å². The van der Waals surface area contributed by atoms with Gasteiger partial charge in [0.2, 0.25) is 10.0 Å². The van der Waals surface area contributed by atoms with E-state index in [-0.39, 0.29) is 6.54 Å². The van der Waals surface area contributed by atoms with Gasteiger partial charge in [-0.2, -0.15) is 0 Å². The molecule has 0 fully saturated rings. The predicted molar refractivity (Wildman–Crippen MR) is 87.2 cm³/mol. The Balaban J connectivity index is 1.95. The molecule has 0 spiro atoms. The summed E-state index contributed by atoms with van der Waals surface area (Å²) >= 11 is 2.81. The Morgan fingerprint density at radius 1 is 1.29 bits per heavy atom. The van der Waals surface area contributed by atoms with Crippen LogP contribution in [-0.2, 0) is 23.1 Å². The number of hydrogen-bond acceptors (Lipinski definition) is 6. The minimum atomic E-state index is -3.45. The molecule has 0 atom stereocenters. The van der Waals surface area contributed by atoms with E-state index in [1.165, 1.54) is 22.7 Å². The first kappa shape index (κ1) is 16.6. The van der Waals surface area contributed by atoms with Crippen LogP contribution in [0.5, 0.6) is 0 Å². The molecule has 0 amide bonds. The first-order valence-electron chi connectivity index (χ1n) is 6.71. The minimum Gasteiger partial charge on any atom is -0.312 e. The van der Waals surface area contributed by atoms with Crippen molar-refractivity contribution in [2.24, 2.45) is 0 Å². The van der Waals surface area contributed by atoms with Crippen molar-refractivity contribution in [1.29, 1.82) is 0 Å². The molecule has 2 aromatic rings. The summed E-state index contributed by atoms with van der Waals surface area (Å²) in [6, 6.07) is 3.51. The number of thiophene rings is 1. The summed E-state index contributed by atoms with van der Waals surface area (Å²) in [5.41, 5.74) is 0.752. The normalized spacial score (nSPS) is 11.9. The number of sulfonamides is 1. The van der Waals surface area contributed by atoms with Crippen LogP contribution in [-0.4, -0.2) is 19.9 Å². The van der Waals surface area contributed by atoms with Gasteiger partial charge in [0, 0.05) is 16.8 Å². The van der Waals surface area contributed by atoms with E-state index in [4.69, 9.17) is 0 Å². The van der Waals surface area contributed by atoms with E-state index in [0.717, 1.165) is 28.5 Å². The minimum absolute atomic E-state index is 0.230. The van der Waals surface area contributed by atoms with Gasteiger partial charge < -0.3 is 5.32 Å². The highest BCUT2D eigenvalue weighted by Gasteiger charge is 2.17. The fourth-order valence-corrected chi connectivity index (χ4v) is 4.70. The lowest BCUT2D eigenvalue weighted by molar-refractivity contribution is 0.582. The highest BCUT2D eigenvalue weighted by molar-refractivity contribution is 7.91. The molecule has 0 saturated heterocycles. The van der Waals surface area contributed by atoms with E-state index < -0.39 is 10.0 Å². The molecular weight excluding hydrogens is 326 g/mol. The Labute approximate surface area is 133 Å². The van der Waals surface area contributed by atoms with Crippen molar-refractivity contribution in [3.8, 4) is 0 Å². The number of aromatic nitrogens is 1. The zero-order chi connectivity index (χ0) is 15.3. The molecule has 0 radical (unpaired) electrons. The average Bonchev–Trinajstić information content (AvgIpc) is 3.06. The second-order valence-corrected chi connectivity index (χ2v) is 8.80. The maximum atomic E-state index is 12.2. The lowest BCUT2D eigenvalue weighted by Gasteiger charge is -2.02. The van der Waals surface area contributed by atoms with Gasteiger partial charge in [-0.05, 0) is 32.0 Å². The molecule has 2 aromatic heterocycles. The summed E-state index contributed by atoms with van der Waals surface area (Å²) < 4.78 is 27.4. The van der Waals surface area contributed by atoms with Crippen LogP contribution in [0.25, 0.3) is 0 Å². The van der Waals surface area contributed by atoms with Crippen molar-refractivity contribution in [1.82, 2.24) is 15.0 Å². The summed E-state index contributed by atoms with van der Waals surface area (Å²) in [6.45, 7) is 5.87. The Kier molecular flexibility index (Phi) is 5.88. The van der Waals surface area contributed by atoms with Crippen LogP contribution < -0.4 is 10.0 Å². The second kappa shape index (κ2) is 7.46. The number of thiazole rings is 1. The van der Waals surface area contributed by atoms with Crippen molar-refractivity contribution in [2.45, 2.75) is 37.6 Å². The molecule has 2 rings (SSSR count). The Bertz CT molecular complexity index is 676. The standard InChI is InChI=1S/C13H19N3O2S3/c1-3-6-14-8-12-4-5-13(20-12)21(17,18)15-7-11-9-19-10(2)16-11/h4-5,9,14-15H,3,6-8H2,1-2H3. The Morgan fingerprint density at radius 3 is 2.76 bits per heavy atom. The van der Waals surface area contributed by atoms with Crippen LogP contribution in [0.1, 0.15) is 28.9 Å². The van der Waals surface area contributed by atoms with E-state index in [1.54, 1.807) is 6.07 Å². The van der Waals surface area contributed by atoms with E-state index in [2.05, 4.69) is 21.9 Å².